The fraction of sp³-hybridized carbons (Fsp3) is 0.524. The van der Waals surface area contributed by atoms with Crippen molar-refractivity contribution in [3.8, 4) is 0 Å². The number of hydrogen-bond acceptors (Lipinski definition) is 5. The summed E-state index contributed by atoms with van der Waals surface area (Å²) in [5, 5.41) is 6.00. The monoisotopic (exact) mass is 437 g/mol. The Kier molecular flexibility index (Phi) is 8.36. The number of sulfonamides is 1. The lowest BCUT2D eigenvalue weighted by Crippen LogP contribution is -2.31. The standard InChI is InChI=1S/C21H31N3O3S2/c1-16-15-28-20(24-16)7-5-6-13-22-19(25)12-14-23-29(26,27)18-10-8-17(9-11-18)21(2,3)4/h8-11,15,23H,5-7,12-14H2,1-4H3,(H,22,25). The lowest BCUT2D eigenvalue weighted by atomic mass is 9.87. The average Bonchev–Trinajstić information content (AvgIpc) is 3.06. The first-order valence-corrected chi connectivity index (χ1v) is 12.2. The number of hydrogen-bond donors (Lipinski definition) is 2. The van der Waals surface area contributed by atoms with E-state index < -0.39 is 10.0 Å². The molecule has 0 spiro atoms. The van der Waals surface area contributed by atoms with Crippen LogP contribution in [0.5, 0.6) is 0 Å². The van der Waals surface area contributed by atoms with E-state index in [-0.39, 0.29) is 29.2 Å². The molecule has 6 nitrogen and oxygen atoms in total. The summed E-state index contributed by atoms with van der Waals surface area (Å²) >= 11 is 1.66. The molecule has 0 aliphatic heterocycles. The van der Waals surface area contributed by atoms with Crippen molar-refractivity contribution in [1.29, 1.82) is 0 Å². The Labute approximate surface area is 178 Å². The molecule has 0 aliphatic carbocycles. The lowest BCUT2D eigenvalue weighted by Gasteiger charge is -2.19. The Morgan fingerprint density at radius 2 is 1.79 bits per heavy atom. The fourth-order valence-electron chi connectivity index (χ4n) is 2.75. The van der Waals surface area contributed by atoms with Gasteiger partial charge in [-0.1, -0.05) is 32.9 Å². The van der Waals surface area contributed by atoms with Gasteiger partial charge in [-0.25, -0.2) is 18.1 Å². The molecule has 1 amide bonds. The van der Waals surface area contributed by atoms with Crippen molar-refractivity contribution < 1.29 is 13.2 Å². The molecule has 2 aromatic rings. The third kappa shape index (κ3) is 7.87. The Morgan fingerprint density at radius 1 is 1.10 bits per heavy atom. The summed E-state index contributed by atoms with van der Waals surface area (Å²) in [6.45, 7) is 8.88. The van der Waals surface area contributed by atoms with Crippen LogP contribution >= 0.6 is 11.3 Å². The van der Waals surface area contributed by atoms with Crippen LogP contribution in [0.4, 0.5) is 0 Å². The van der Waals surface area contributed by atoms with E-state index in [1.165, 1.54) is 0 Å². The van der Waals surface area contributed by atoms with Gasteiger partial charge in [-0.3, -0.25) is 4.79 Å². The zero-order chi connectivity index (χ0) is 21.5. The summed E-state index contributed by atoms with van der Waals surface area (Å²) in [7, 11) is -3.61. The summed E-state index contributed by atoms with van der Waals surface area (Å²) in [4.78, 5) is 16.5. The Hall–Kier alpha value is -1.77. The molecule has 0 unspecified atom stereocenters. The molecule has 0 atom stereocenters. The second-order valence-corrected chi connectivity index (χ2v) is 10.8. The number of benzene rings is 1. The van der Waals surface area contributed by atoms with Crippen molar-refractivity contribution in [2.45, 2.75) is 63.7 Å². The number of nitrogens with one attached hydrogen (secondary N) is 2. The predicted molar refractivity (Wildman–Crippen MR) is 118 cm³/mol. The first-order valence-electron chi connectivity index (χ1n) is 9.86. The van der Waals surface area contributed by atoms with E-state index >= 15 is 0 Å². The summed E-state index contributed by atoms with van der Waals surface area (Å²) < 4.78 is 27.2. The van der Waals surface area contributed by atoms with Crippen molar-refractivity contribution in [3.63, 3.8) is 0 Å². The SMILES string of the molecule is Cc1csc(CCCCNC(=O)CCNS(=O)(=O)c2ccc(C(C)(C)C)cc2)n1. The molecule has 0 bridgehead atoms. The van der Waals surface area contributed by atoms with Gasteiger partial charge in [0.2, 0.25) is 15.9 Å². The van der Waals surface area contributed by atoms with Gasteiger partial charge < -0.3 is 5.32 Å². The van der Waals surface area contributed by atoms with Crippen LogP contribution in [0.15, 0.2) is 34.5 Å². The van der Waals surface area contributed by atoms with E-state index in [9.17, 15) is 13.2 Å². The molecule has 0 aliphatic rings. The number of amides is 1. The number of thiazole rings is 1. The highest BCUT2D eigenvalue weighted by Gasteiger charge is 2.17. The molecule has 8 heteroatoms. The van der Waals surface area contributed by atoms with Gasteiger partial charge in [-0.15, -0.1) is 11.3 Å². The largest absolute Gasteiger partial charge is 0.356 e. The Bertz CT molecular complexity index is 898. The third-order valence-corrected chi connectivity index (χ3v) is 6.98. The average molecular weight is 438 g/mol. The van der Waals surface area contributed by atoms with Crippen LogP contribution in [-0.2, 0) is 26.7 Å². The van der Waals surface area contributed by atoms with E-state index in [1.807, 2.05) is 24.4 Å². The lowest BCUT2D eigenvalue weighted by molar-refractivity contribution is -0.120. The highest BCUT2D eigenvalue weighted by molar-refractivity contribution is 7.89. The van der Waals surface area contributed by atoms with Crippen molar-refractivity contribution in [3.05, 3.63) is 45.9 Å². The van der Waals surface area contributed by atoms with Crippen molar-refractivity contribution in [2.75, 3.05) is 13.1 Å². The second-order valence-electron chi connectivity index (χ2n) is 8.11. The third-order valence-electron chi connectivity index (χ3n) is 4.48. The van der Waals surface area contributed by atoms with Gasteiger partial charge in [0.05, 0.1) is 9.90 Å². The van der Waals surface area contributed by atoms with Gasteiger partial charge in [0.1, 0.15) is 0 Å². The van der Waals surface area contributed by atoms with Crippen molar-refractivity contribution in [1.82, 2.24) is 15.0 Å². The van der Waals surface area contributed by atoms with Gasteiger partial charge in [0.15, 0.2) is 0 Å². The van der Waals surface area contributed by atoms with Crippen LogP contribution < -0.4 is 10.0 Å². The molecule has 0 saturated carbocycles. The second kappa shape index (κ2) is 10.3. The van der Waals surface area contributed by atoms with Gasteiger partial charge >= 0.3 is 0 Å². The minimum atomic E-state index is -3.61. The number of unbranched alkanes of at least 4 members (excludes halogenated alkanes) is 1. The fourth-order valence-corrected chi connectivity index (χ4v) is 4.60. The molecule has 0 saturated heterocycles. The van der Waals surface area contributed by atoms with Gasteiger partial charge in [0, 0.05) is 30.6 Å². The number of rotatable bonds is 10. The maximum absolute atomic E-state index is 12.4. The maximum Gasteiger partial charge on any atom is 0.240 e. The van der Waals surface area contributed by atoms with Crippen molar-refractivity contribution >= 4 is 27.3 Å². The molecule has 2 N–H and O–H groups in total. The summed E-state index contributed by atoms with van der Waals surface area (Å²) in [5.41, 5.74) is 2.08. The molecule has 160 valence electrons. The van der Waals surface area contributed by atoms with Crippen LogP contribution in [0.1, 0.15) is 56.3 Å². The Morgan fingerprint density at radius 3 is 2.38 bits per heavy atom. The maximum atomic E-state index is 12.4. The van der Waals surface area contributed by atoms with E-state index in [0.717, 1.165) is 35.5 Å². The zero-order valence-corrected chi connectivity index (χ0v) is 19.3. The van der Waals surface area contributed by atoms with Crippen LogP contribution in [0.25, 0.3) is 0 Å². The zero-order valence-electron chi connectivity index (χ0n) is 17.6. The van der Waals surface area contributed by atoms with Gasteiger partial charge in [-0.2, -0.15) is 0 Å². The van der Waals surface area contributed by atoms with E-state index in [4.69, 9.17) is 0 Å². The molecule has 1 aromatic heterocycles. The van der Waals surface area contributed by atoms with Crippen LogP contribution in [0, 0.1) is 6.92 Å². The molecule has 0 fully saturated rings. The van der Waals surface area contributed by atoms with Crippen LogP contribution in [0.2, 0.25) is 0 Å². The number of aryl methyl sites for hydroxylation is 2. The predicted octanol–water partition coefficient (Wildman–Crippen LogP) is 3.56. The van der Waals surface area contributed by atoms with Gasteiger partial charge in [-0.05, 0) is 49.3 Å². The van der Waals surface area contributed by atoms with E-state index in [1.54, 1.807) is 23.5 Å². The molecule has 1 heterocycles. The molecular formula is C21H31N3O3S2. The number of carbonyl (C=O) groups excluding carboxylic acids is 1. The first-order chi connectivity index (χ1) is 13.6. The number of carbonyl (C=O) groups is 1. The normalized spacial score (nSPS) is 12.1. The van der Waals surface area contributed by atoms with Gasteiger partial charge in [0.25, 0.3) is 0 Å². The van der Waals surface area contributed by atoms with E-state index in [2.05, 4.69) is 35.8 Å². The summed E-state index contributed by atoms with van der Waals surface area (Å²) in [6.07, 6.45) is 2.87. The van der Waals surface area contributed by atoms with Crippen LogP contribution in [-0.4, -0.2) is 32.4 Å². The molecule has 29 heavy (non-hydrogen) atoms. The first kappa shape index (κ1) is 23.5. The highest BCUT2D eigenvalue weighted by atomic mass is 32.2. The Balaban J connectivity index is 1.66. The minimum Gasteiger partial charge on any atom is -0.356 e. The van der Waals surface area contributed by atoms with Crippen molar-refractivity contribution in [2.24, 2.45) is 0 Å². The number of nitrogens with zero attached hydrogens (tertiary/aromatic N) is 1. The molecule has 0 radical (unpaired) electrons. The minimum absolute atomic E-state index is 0.0347. The topological polar surface area (TPSA) is 88.2 Å². The molecule has 1 aromatic carbocycles. The summed E-state index contributed by atoms with van der Waals surface area (Å²) in [5.74, 6) is -0.152. The van der Waals surface area contributed by atoms with E-state index in [0.29, 0.717) is 6.54 Å². The quantitative estimate of drug-likeness (QED) is 0.556. The molecular weight excluding hydrogens is 406 g/mol. The highest BCUT2D eigenvalue weighted by Crippen LogP contribution is 2.23. The molecule has 2 rings (SSSR count). The summed E-state index contributed by atoms with van der Waals surface area (Å²) in [6, 6.07) is 6.86. The number of aromatic nitrogens is 1. The smallest absolute Gasteiger partial charge is 0.240 e. The van der Waals surface area contributed by atoms with Crippen LogP contribution in [0.3, 0.4) is 0 Å².